The lowest BCUT2D eigenvalue weighted by molar-refractivity contribution is -0.142. The Labute approximate surface area is 165 Å². The zero-order valence-electron chi connectivity index (χ0n) is 15.0. The summed E-state index contributed by atoms with van der Waals surface area (Å²) in [5.41, 5.74) is 1.20. The van der Waals surface area contributed by atoms with Crippen molar-refractivity contribution in [3.05, 3.63) is 65.0 Å². The minimum atomic E-state index is -0.628. The van der Waals surface area contributed by atoms with Gasteiger partial charge >= 0.3 is 5.97 Å². The molecule has 7 heteroatoms. The molecule has 0 aliphatic heterocycles. The van der Waals surface area contributed by atoms with Gasteiger partial charge in [0.1, 0.15) is 16.8 Å². The van der Waals surface area contributed by atoms with Crippen LogP contribution in [-0.2, 0) is 14.3 Å². The first-order chi connectivity index (χ1) is 13.6. The van der Waals surface area contributed by atoms with Crippen molar-refractivity contribution in [2.75, 3.05) is 19.0 Å². The van der Waals surface area contributed by atoms with Crippen LogP contribution in [-0.4, -0.2) is 25.6 Å². The Kier molecular flexibility index (Phi) is 6.04. The molecule has 0 saturated carbocycles. The highest BCUT2D eigenvalue weighted by molar-refractivity contribution is 7.14. The number of esters is 1. The fraction of sp³-hybridized carbons (Fsp3) is 0.0952. The maximum Gasteiger partial charge on any atom is 0.331 e. The van der Waals surface area contributed by atoms with Crippen molar-refractivity contribution in [3.63, 3.8) is 0 Å². The van der Waals surface area contributed by atoms with Gasteiger partial charge in [0.15, 0.2) is 6.61 Å². The monoisotopic (exact) mass is 392 g/mol. The van der Waals surface area contributed by atoms with E-state index in [0.29, 0.717) is 10.6 Å². The number of rotatable bonds is 6. The SMILES string of the molecule is COc1ccc2cc(/C=C/C(=O)OCC(=O)Nc3sccc3C#N)ccc2c1. The summed E-state index contributed by atoms with van der Waals surface area (Å²) in [6.07, 6.45) is 2.89. The Bertz CT molecular complexity index is 1100. The van der Waals surface area contributed by atoms with Crippen LogP contribution in [0.4, 0.5) is 5.00 Å². The van der Waals surface area contributed by atoms with E-state index in [0.717, 1.165) is 22.1 Å². The predicted molar refractivity (Wildman–Crippen MR) is 108 cm³/mol. The van der Waals surface area contributed by atoms with Crippen molar-refractivity contribution in [2.45, 2.75) is 0 Å². The van der Waals surface area contributed by atoms with Gasteiger partial charge in [0, 0.05) is 6.08 Å². The number of fused-ring (bicyclic) bond motifs is 1. The zero-order chi connectivity index (χ0) is 19.9. The summed E-state index contributed by atoms with van der Waals surface area (Å²) >= 11 is 1.23. The lowest BCUT2D eigenvalue weighted by Gasteiger charge is -2.04. The molecule has 1 N–H and O–H groups in total. The molecule has 28 heavy (non-hydrogen) atoms. The first-order valence-corrected chi connectivity index (χ1v) is 9.17. The number of methoxy groups -OCH3 is 1. The van der Waals surface area contributed by atoms with Crippen LogP contribution in [0, 0.1) is 11.3 Å². The second kappa shape index (κ2) is 8.84. The summed E-state index contributed by atoms with van der Waals surface area (Å²) in [6.45, 7) is -0.427. The minimum absolute atomic E-state index is 0.374. The van der Waals surface area contributed by atoms with Crippen LogP contribution in [0.25, 0.3) is 16.8 Å². The average molecular weight is 392 g/mol. The van der Waals surface area contributed by atoms with E-state index in [-0.39, 0.29) is 0 Å². The molecule has 0 fully saturated rings. The molecule has 2 aromatic carbocycles. The van der Waals surface area contributed by atoms with E-state index in [1.165, 1.54) is 17.4 Å². The Hall–Kier alpha value is -3.63. The maximum absolute atomic E-state index is 11.8. The van der Waals surface area contributed by atoms with Crippen LogP contribution >= 0.6 is 11.3 Å². The topological polar surface area (TPSA) is 88.4 Å². The number of carbonyl (C=O) groups excluding carboxylic acids is 2. The molecule has 6 nitrogen and oxygen atoms in total. The number of nitrogens with zero attached hydrogens (tertiary/aromatic N) is 1. The van der Waals surface area contributed by atoms with E-state index < -0.39 is 18.5 Å². The Morgan fingerprint density at radius 2 is 1.96 bits per heavy atom. The Morgan fingerprint density at radius 1 is 1.18 bits per heavy atom. The van der Waals surface area contributed by atoms with Crippen molar-refractivity contribution in [1.82, 2.24) is 0 Å². The number of nitriles is 1. The second-order valence-electron chi connectivity index (χ2n) is 5.74. The number of hydrogen-bond donors (Lipinski definition) is 1. The highest BCUT2D eigenvalue weighted by atomic mass is 32.1. The Balaban J connectivity index is 1.55. The highest BCUT2D eigenvalue weighted by Gasteiger charge is 2.10. The number of anilines is 1. The van der Waals surface area contributed by atoms with Gasteiger partial charge in [-0.15, -0.1) is 11.3 Å². The van der Waals surface area contributed by atoms with Gasteiger partial charge in [0.05, 0.1) is 12.7 Å². The smallest absolute Gasteiger partial charge is 0.331 e. The number of ether oxygens (including phenoxy) is 2. The van der Waals surface area contributed by atoms with Crippen molar-refractivity contribution in [3.8, 4) is 11.8 Å². The third-order valence-corrected chi connectivity index (χ3v) is 4.70. The lowest BCUT2D eigenvalue weighted by atomic mass is 10.1. The number of benzene rings is 2. The van der Waals surface area contributed by atoms with E-state index in [2.05, 4.69) is 5.32 Å². The van der Waals surface area contributed by atoms with E-state index >= 15 is 0 Å². The molecular formula is C21H16N2O4S. The summed E-state index contributed by atoms with van der Waals surface area (Å²) in [6, 6.07) is 15.1. The zero-order valence-corrected chi connectivity index (χ0v) is 15.8. The number of nitrogens with one attached hydrogen (secondary N) is 1. The molecule has 1 heterocycles. The maximum atomic E-state index is 11.8. The molecule has 0 bridgehead atoms. The molecule has 0 radical (unpaired) electrons. The first kappa shape index (κ1) is 19.1. The van der Waals surface area contributed by atoms with Crippen molar-refractivity contribution >= 4 is 45.1 Å². The van der Waals surface area contributed by atoms with Crippen LogP contribution in [0.1, 0.15) is 11.1 Å². The van der Waals surface area contributed by atoms with E-state index in [1.807, 2.05) is 42.5 Å². The van der Waals surface area contributed by atoms with Gasteiger partial charge in [-0.2, -0.15) is 5.26 Å². The van der Waals surface area contributed by atoms with Gasteiger partial charge in [-0.1, -0.05) is 18.2 Å². The number of hydrogen-bond acceptors (Lipinski definition) is 6. The molecule has 0 aliphatic carbocycles. The van der Waals surface area contributed by atoms with Crippen molar-refractivity contribution in [2.24, 2.45) is 0 Å². The fourth-order valence-corrected chi connectivity index (χ4v) is 3.23. The van der Waals surface area contributed by atoms with Crippen LogP contribution in [0.15, 0.2) is 53.9 Å². The van der Waals surface area contributed by atoms with E-state index in [9.17, 15) is 9.59 Å². The quantitative estimate of drug-likeness (QED) is 0.506. The van der Waals surface area contributed by atoms with Gasteiger partial charge in [0.2, 0.25) is 0 Å². The molecule has 3 rings (SSSR count). The highest BCUT2D eigenvalue weighted by Crippen LogP contribution is 2.23. The third-order valence-electron chi connectivity index (χ3n) is 3.87. The van der Waals surface area contributed by atoms with E-state index in [1.54, 1.807) is 24.6 Å². The first-order valence-electron chi connectivity index (χ1n) is 8.29. The molecule has 0 spiro atoms. The summed E-state index contributed by atoms with van der Waals surface area (Å²) in [7, 11) is 1.62. The standard InChI is InChI=1S/C21H16N2O4S/c1-26-18-6-5-15-10-14(2-4-16(15)11-18)3-7-20(25)27-13-19(24)23-21-17(12-22)8-9-28-21/h2-11H,13H2,1H3,(H,23,24)/b7-3+. The van der Waals surface area contributed by atoms with Gasteiger partial charge in [-0.3, -0.25) is 4.79 Å². The summed E-state index contributed by atoms with van der Waals surface area (Å²) in [4.78, 5) is 23.7. The molecular weight excluding hydrogens is 376 g/mol. The number of amides is 1. The molecule has 140 valence electrons. The van der Waals surface area contributed by atoms with Gasteiger partial charge in [-0.25, -0.2) is 4.79 Å². The molecule has 3 aromatic rings. The van der Waals surface area contributed by atoms with Gasteiger partial charge in [0.25, 0.3) is 5.91 Å². The van der Waals surface area contributed by atoms with Crippen molar-refractivity contribution < 1.29 is 19.1 Å². The summed E-state index contributed by atoms with van der Waals surface area (Å²) in [5, 5.41) is 15.6. The van der Waals surface area contributed by atoms with Crippen LogP contribution in [0.5, 0.6) is 5.75 Å². The summed E-state index contributed by atoms with van der Waals surface area (Å²) in [5.74, 6) is -0.348. The van der Waals surface area contributed by atoms with Crippen molar-refractivity contribution in [1.29, 1.82) is 5.26 Å². The average Bonchev–Trinajstić information content (AvgIpc) is 3.17. The fourth-order valence-electron chi connectivity index (χ4n) is 2.48. The predicted octanol–water partition coefficient (Wildman–Crippen LogP) is 3.98. The number of carbonyl (C=O) groups is 2. The van der Waals surface area contributed by atoms with Crippen LogP contribution in [0.3, 0.4) is 0 Å². The number of thiophene rings is 1. The van der Waals surface area contributed by atoms with Crippen LogP contribution < -0.4 is 10.1 Å². The second-order valence-corrected chi connectivity index (χ2v) is 6.65. The molecule has 0 unspecified atom stereocenters. The molecule has 1 aromatic heterocycles. The molecule has 0 aliphatic rings. The van der Waals surface area contributed by atoms with Gasteiger partial charge < -0.3 is 14.8 Å². The molecule has 0 saturated heterocycles. The van der Waals surface area contributed by atoms with Crippen LogP contribution in [0.2, 0.25) is 0 Å². The lowest BCUT2D eigenvalue weighted by Crippen LogP contribution is -2.19. The molecule has 0 atom stereocenters. The van der Waals surface area contributed by atoms with E-state index in [4.69, 9.17) is 14.7 Å². The minimum Gasteiger partial charge on any atom is -0.497 e. The van der Waals surface area contributed by atoms with Gasteiger partial charge in [-0.05, 0) is 52.1 Å². The Morgan fingerprint density at radius 3 is 2.75 bits per heavy atom. The third kappa shape index (κ3) is 4.75. The normalized spacial score (nSPS) is 10.6. The summed E-state index contributed by atoms with van der Waals surface area (Å²) < 4.78 is 10.1. The molecule has 1 amide bonds. The largest absolute Gasteiger partial charge is 0.497 e.